The summed E-state index contributed by atoms with van der Waals surface area (Å²) in [7, 11) is 1.54. The summed E-state index contributed by atoms with van der Waals surface area (Å²) in [6, 6.07) is 13.1. The zero-order valence-corrected chi connectivity index (χ0v) is 30.2. The number of carbonyl (C=O) groups excluding carboxylic acids is 3. The predicted molar refractivity (Wildman–Crippen MR) is 202 cm³/mol. The van der Waals surface area contributed by atoms with Gasteiger partial charge < -0.3 is 24.0 Å². The van der Waals surface area contributed by atoms with E-state index in [-0.39, 0.29) is 48.1 Å². The fourth-order valence-corrected chi connectivity index (χ4v) is 8.26. The maximum atomic E-state index is 13.4. The average Bonchev–Trinajstić information content (AvgIpc) is 3.81. The van der Waals surface area contributed by atoms with Crippen LogP contribution in [0.2, 0.25) is 0 Å². The van der Waals surface area contributed by atoms with Gasteiger partial charge in [0, 0.05) is 87.3 Å². The van der Waals surface area contributed by atoms with Gasteiger partial charge in [-0.25, -0.2) is 4.79 Å². The lowest BCUT2D eigenvalue weighted by Crippen LogP contribution is -2.49. The number of methoxy groups -OCH3 is 1. The summed E-state index contributed by atoms with van der Waals surface area (Å²) in [5.41, 5.74) is 2.89. The van der Waals surface area contributed by atoms with E-state index >= 15 is 0 Å². The predicted octanol–water partition coefficient (Wildman–Crippen LogP) is 4.93. The number of anilines is 3. The van der Waals surface area contributed by atoms with E-state index in [9.17, 15) is 19.2 Å². The molecule has 2 aromatic carbocycles. The van der Waals surface area contributed by atoms with E-state index < -0.39 is 6.03 Å². The van der Waals surface area contributed by atoms with E-state index in [1.807, 2.05) is 18.3 Å². The Morgan fingerprint density at radius 2 is 1.76 bits per heavy atom. The largest absolute Gasteiger partial charge is 0.496 e. The highest BCUT2D eigenvalue weighted by molar-refractivity contribution is 6.09. The Morgan fingerprint density at radius 3 is 2.52 bits per heavy atom. The molecule has 2 saturated carbocycles. The molecule has 0 radical (unpaired) electrons. The Labute approximate surface area is 310 Å². The molecule has 54 heavy (non-hydrogen) atoms. The first kappa shape index (κ1) is 34.1. The molecule has 5 aromatic rings. The molecular formula is C39H43N9O6. The number of benzene rings is 2. The highest BCUT2D eigenvalue weighted by Gasteiger charge is 2.30. The van der Waals surface area contributed by atoms with Crippen LogP contribution in [0.4, 0.5) is 22.0 Å². The maximum absolute atomic E-state index is 13.4. The van der Waals surface area contributed by atoms with E-state index in [2.05, 4.69) is 36.3 Å². The van der Waals surface area contributed by atoms with Crippen LogP contribution < -0.4 is 30.7 Å². The van der Waals surface area contributed by atoms with E-state index in [4.69, 9.17) is 14.4 Å². The van der Waals surface area contributed by atoms with Gasteiger partial charge in [0.15, 0.2) is 11.4 Å². The summed E-state index contributed by atoms with van der Waals surface area (Å²) in [6.45, 7) is 5.13. The van der Waals surface area contributed by atoms with Crippen molar-refractivity contribution in [3.05, 3.63) is 70.8 Å². The number of nitrogens with one attached hydrogen (secondary N) is 2. The molecular weight excluding hydrogens is 690 g/mol. The van der Waals surface area contributed by atoms with Crippen LogP contribution in [0.3, 0.4) is 0 Å². The first-order valence-electron chi connectivity index (χ1n) is 18.9. The van der Waals surface area contributed by atoms with Crippen LogP contribution in [0.5, 0.6) is 5.75 Å². The van der Waals surface area contributed by atoms with Gasteiger partial charge >= 0.3 is 6.03 Å². The van der Waals surface area contributed by atoms with Crippen LogP contribution in [-0.4, -0.2) is 88.6 Å². The third-order valence-electron chi connectivity index (χ3n) is 11.4. The number of amides is 4. The molecule has 15 heteroatoms. The number of carbonyl (C=O) groups is 3. The molecule has 3 aromatic heterocycles. The molecule has 2 aliphatic carbocycles. The van der Waals surface area contributed by atoms with Gasteiger partial charge in [-0.1, -0.05) is 5.16 Å². The van der Waals surface area contributed by atoms with E-state index in [1.54, 1.807) is 35.0 Å². The fourth-order valence-electron chi connectivity index (χ4n) is 8.26. The van der Waals surface area contributed by atoms with E-state index in [1.165, 1.54) is 12.0 Å². The average molecular weight is 734 g/mol. The number of urea groups is 1. The summed E-state index contributed by atoms with van der Waals surface area (Å²) < 4.78 is 15.0. The number of ether oxygens (including phenoxy) is 1. The number of hydrogen-bond acceptors (Lipinski definition) is 10. The van der Waals surface area contributed by atoms with Crippen molar-refractivity contribution in [1.29, 1.82) is 0 Å². The smallest absolute Gasteiger partial charge is 0.329 e. The van der Waals surface area contributed by atoms with Crippen molar-refractivity contribution in [1.82, 2.24) is 29.7 Å². The molecule has 0 bridgehead atoms. The van der Waals surface area contributed by atoms with Gasteiger partial charge in [0.25, 0.3) is 11.5 Å². The van der Waals surface area contributed by atoms with Crippen LogP contribution in [0.25, 0.3) is 21.9 Å². The molecule has 280 valence electrons. The quantitative estimate of drug-likeness (QED) is 0.213. The van der Waals surface area contributed by atoms with E-state index in [0.717, 1.165) is 93.2 Å². The van der Waals surface area contributed by atoms with Gasteiger partial charge in [-0.2, -0.15) is 5.10 Å². The maximum Gasteiger partial charge on any atom is 0.329 e. The molecule has 2 saturated heterocycles. The molecule has 9 rings (SSSR count). The molecule has 2 N–H and O–H groups in total. The molecule has 4 amide bonds. The Hall–Kier alpha value is -5.70. The second-order valence-corrected chi connectivity index (χ2v) is 14.9. The van der Waals surface area contributed by atoms with Gasteiger partial charge in [-0.3, -0.25) is 34.2 Å². The summed E-state index contributed by atoms with van der Waals surface area (Å²) >= 11 is 0. The Kier molecular flexibility index (Phi) is 8.80. The van der Waals surface area contributed by atoms with Gasteiger partial charge in [-0.05, 0) is 74.8 Å². The Bertz CT molecular complexity index is 2310. The minimum Gasteiger partial charge on any atom is -0.496 e. The highest BCUT2D eigenvalue weighted by Crippen LogP contribution is 2.36. The van der Waals surface area contributed by atoms with Gasteiger partial charge in [-0.15, -0.1) is 0 Å². The van der Waals surface area contributed by atoms with Crippen molar-refractivity contribution < 1.29 is 23.6 Å². The first-order chi connectivity index (χ1) is 26.3. The number of piperazine rings is 1. The van der Waals surface area contributed by atoms with Crippen molar-refractivity contribution in [3.8, 4) is 5.75 Å². The Morgan fingerprint density at radius 1 is 0.963 bits per heavy atom. The standard InChI is InChI=1S/C39H43N9O6/c1-53-33-21-32-25(19-30(33)37(50)40-31-3-2-13-46(38(31)51)26-8-9-26)23-48(42-32)27-6-4-24(5-7-27)22-44-15-17-45(18-16-44)28-10-11-29-34(20-28)54-43-36(29)47-14-12-35(49)41-39(47)52/h2-3,10-11,13,19-21,23-24,26-27H,4-9,12,14-18,22H2,1H3,(H,40,50)(H,41,49,52). The second-order valence-electron chi connectivity index (χ2n) is 14.9. The zero-order chi connectivity index (χ0) is 36.9. The Balaban J connectivity index is 0.786. The van der Waals surface area contributed by atoms with Crippen molar-refractivity contribution in [2.75, 3.05) is 61.5 Å². The molecule has 4 aliphatic rings. The van der Waals surface area contributed by atoms with Crippen molar-refractivity contribution in [3.63, 3.8) is 0 Å². The van der Waals surface area contributed by atoms with Gasteiger partial charge in [0.1, 0.15) is 11.4 Å². The number of pyridine rings is 1. The minimum absolute atomic E-state index is 0.191. The SMILES string of the molecule is COc1cc2nn(C3CCC(CN4CCN(c5ccc6c(N7CCC(=O)NC7=O)noc6c5)CC4)CC3)cc2cc1C(=O)Nc1cccn(C2CC2)c1=O. The third kappa shape index (κ3) is 6.57. The summed E-state index contributed by atoms with van der Waals surface area (Å²) in [4.78, 5) is 56.6. The normalized spacial score (nSPS) is 21.1. The van der Waals surface area contributed by atoms with Crippen molar-refractivity contribution in [2.45, 2.75) is 57.0 Å². The van der Waals surface area contributed by atoms with Gasteiger partial charge in [0.2, 0.25) is 5.91 Å². The topological polar surface area (TPSA) is 160 Å². The van der Waals surface area contributed by atoms with Crippen molar-refractivity contribution >= 4 is 56.9 Å². The van der Waals surface area contributed by atoms with Crippen LogP contribution >= 0.6 is 0 Å². The number of nitrogens with zero attached hydrogens (tertiary/aromatic N) is 7. The summed E-state index contributed by atoms with van der Waals surface area (Å²) in [6.07, 6.45) is 10.3. The van der Waals surface area contributed by atoms with Crippen LogP contribution in [0.1, 0.15) is 67.4 Å². The molecule has 2 aliphatic heterocycles. The number of fused-ring (bicyclic) bond motifs is 2. The number of rotatable bonds is 9. The molecule has 4 fully saturated rings. The van der Waals surface area contributed by atoms with Crippen LogP contribution in [-0.2, 0) is 4.79 Å². The minimum atomic E-state index is -0.477. The fraction of sp³-hybridized carbons (Fsp3) is 0.436. The number of hydrogen-bond donors (Lipinski definition) is 2. The van der Waals surface area contributed by atoms with Crippen LogP contribution in [0, 0.1) is 5.92 Å². The lowest BCUT2D eigenvalue weighted by molar-refractivity contribution is -0.120. The first-order valence-corrected chi connectivity index (χ1v) is 18.9. The molecule has 5 heterocycles. The lowest BCUT2D eigenvalue weighted by atomic mass is 9.85. The van der Waals surface area contributed by atoms with E-state index in [0.29, 0.717) is 28.6 Å². The van der Waals surface area contributed by atoms with Crippen LogP contribution in [0.15, 0.2) is 64.2 Å². The molecule has 0 unspecified atom stereocenters. The zero-order valence-electron chi connectivity index (χ0n) is 30.2. The number of aromatic nitrogens is 4. The number of imide groups is 1. The third-order valence-corrected chi connectivity index (χ3v) is 11.4. The second kappa shape index (κ2) is 13.9. The molecule has 15 nitrogen and oxygen atoms in total. The molecule has 0 spiro atoms. The van der Waals surface area contributed by atoms with Gasteiger partial charge in [0.05, 0.1) is 29.6 Å². The summed E-state index contributed by atoms with van der Waals surface area (Å²) in [5, 5.41) is 15.8. The molecule has 0 atom stereocenters. The highest BCUT2D eigenvalue weighted by atomic mass is 16.5. The summed E-state index contributed by atoms with van der Waals surface area (Å²) in [5.74, 6) is 0.810. The van der Waals surface area contributed by atoms with Crippen molar-refractivity contribution in [2.24, 2.45) is 5.92 Å². The lowest BCUT2D eigenvalue weighted by Gasteiger charge is -2.39. The monoisotopic (exact) mass is 733 g/mol.